The number of benzene rings is 1. The van der Waals surface area contributed by atoms with Crippen LogP contribution >= 0.6 is 15.9 Å². The highest BCUT2D eigenvalue weighted by Crippen LogP contribution is 2.23. The lowest BCUT2D eigenvalue weighted by Crippen LogP contribution is -2.16. The molecule has 0 aliphatic carbocycles. The number of hydrogen-bond acceptors (Lipinski definition) is 3. The van der Waals surface area contributed by atoms with Gasteiger partial charge in [-0.2, -0.15) is 0 Å². The average Bonchev–Trinajstić information content (AvgIpc) is 2.77. The Morgan fingerprint density at radius 1 is 1.26 bits per heavy atom. The van der Waals surface area contributed by atoms with Gasteiger partial charge in [-0.25, -0.2) is 9.18 Å². The summed E-state index contributed by atoms with van der Waals surface area (Å²) in [6.07, 6.45) is 1.28. The molecule has 7 heteroatoms. The van der Waals surface area contributed by atoms with Crippen LogP contribution in [0.3, 0.4) is 0 Å². The van der Waals surface area contributed by atoms with E-state index in [9.17, 15) is 14.0 Å². The number of para-hydroxylation sites is 1. The third-order valence-electron chi connectivity index (χ3n) is 2.35. The van der Waals surface area contributed by atoms with Crippen molar-refractivity contribution in [3.63, 3.8) is 0 Å². The van der Waals surface area contributed by atoms with Crippen LogP contribution in [0.25, 0.3) is 0 Å². The number of carboxylic acids is 1. The standard InChI is InChI=1S/C12H7BrFNO4/c13-10-7(4-5-19-10)11(16)15-9-6(12(17)18)2-1-3-8(9)14/h1-5H,(H,15,16)(H,17,18). The fourth-order valence-corrected chi connectivity index (χ4v) is 1.89. The topological polar surface area (TPSA) is 79.5 Å². The predicted octanol–water partition coefficient (Wildman–Crippen LogP) is 3.13. The van der Waals surface area contributed by atoms with Crippen molar-refractivity contribution >= 4 is 33.5 Å². The molecule has 0 spiro atoms. The van der Waals surface area contributed by atoms with Gasteiger partial charge >= 0.3 is 5.97 Å². The first-order valence-corrected chi connectivity index (χ1v) is 5.86. The second-order valence-corrected chi connectivity index (χ2v) is 4.25. The molecule has 0 atom stereocenters. The van der Waals surface area contributed by atoms with Gasteiger partial charge in [0.1, 0.15) is 5.82 Å². The van der Waals surface area contributed by atoms with Crippen LogP contribution in [-0.2, 0) is 0 Å². The van der Waals surface area contributed by atoms with Gasteiger partial charge in [0.15, 0.2) is 4.67 Å². The number of carbonyl (C=O) groups excluding carboxylic acids is 1. The van der Waals surface area contributed by atoms with Crippen molar-refractivity contribution in [3.8, 4) is 0 Å². The monoisotopic (exact) mass is 327 g/mol. The molecule has 2 N–H and O–H groups in total. The normalized spacial score (nSPS) is 10.2. The van der Waals surface area contributed by atoms with Crippen molar-refractivity contribution < 1.29 is 23.5 Å². The summed E-state index contributed by atoms with van der Waals surface area (Å²) in [5.41, 5.74) is -0.569. The predicted molar refractivity (Wildman–Crippen MR) is 67.7 cm³/mol. The SMILES string of the molecule is O=C(Nc1c(F)cccc1C(=O)O)c1ccoc1Br. The highest BCUT2D eigenvalue weighted by atomic mass is 79.9. The molecule has 0 aliphatic heterocycles. The molecule has 1 heterocycles. The Hall–Kier alpha value is -2.15. The van der Waals surface area contributed by atoms with Gasteiger partial charge < -0.3 is 14.8 Å². The summed E-state index contributed by atoms with van der Waals surface area (Å²) in [5.74, 6) is -2.83. The minimum atomic E-state index is -1.33. The molecule has 2 aromatic rings. The molecular formula is C12H7BrFNO4. The number of aromatic carboxylic acids is 1. The van der Waals surface area contributed by atoms with Crippen LogP contribution in [0, 0.1) is 5.82 Å². The van der Waals surface area contributed by atoms with Crippen molar-refractivity contribution in [3.05, 3.63) is 52.1 Å². The van der Waals surface area contributed by atoms with Crippen LogP contribution in [0.15, 0.2) is 39.6 Å². The van der Waals surface area contributed by atoms with E-state index in [2.05, 4.69) is 21.2 Å². The molecule has 1 aromatic carbocycles. The van der Waals surface area contributed by atoms with E-state index < -0.39 is 17.7 Å². The minimum absolute atomic E-state index is 0.139. The number of furan rings is 1. The molecule has 98 valence electrons. The lowest BCUT2D eigenvalue weighted by atomic mass is 10.1. The molecule has 1 amide bonds. The van der Waals surface area contributed by atoms with E-state index in [0.29, 0.717) is 0 Å². The maximum absolute atomic E-state index is 13.6. The van der Waals surface area contributed by atoms with E-state index in [1.165, 1.54) is 24.5 Å². The number of carboxylic acid groups (broad SMARTS) is 1. The summed E-state index contributed by atoms with van der Waals surface area (Å²) in [4.78, 5) is 22.8. The number of hydrogen-bond donors (Lipinski definition) is 2. The lowest BCUT2D eigenvalue weighted by Gasteiger charge is -2.08. The zero-order chi connectivity index (χ0) is 14.0. The van der Waals surface area contributed by atoms with Crippen molar-refractivity contribution in [2.75, 3.05) is 5.32 Å². The highest BCUT2D eigenvalue weighted by molar-refractivity contribution is 9.10. The lowest BCUT2D eigenvalue weighted by molar-refractivity contribution is 0.0697. The second-order valence-electron chi connectivity index (χ2n) is 3.53. The molecule has 0 radical (unpaired) electrons. The van der Waals surface area contributed by atoms with Gasteiger partial charge in [-0.3, -0.25) is 4.79 Å². The Balaban J connectivity index is 2.36. The second kappa shape index (κ2) is 5.23. The van der Waals surface area contributed by atoms with Crippen LogP contribution < -0.4 is 5.32 Å². The van der Waals surface area contributed by atoms with Crippen LogP contribution in [0.5, 0.6) is 0 Å². The Labute approximate surface area is 115 Å². The van der Waals surface area contributed by atoms with Crippen LogP contribution in [-0.4, -0.2) is 17.0 Å². The Kier molecular flexibility index (Phi) is 3.66. The maximum Gasteiger partial charge on any atom is 0.337 e. The number of rotatable bonds is 3. The van der Waals surface area contributed by atoms with Crippen molar-refractivity contribution in [1.82, 2.24) is 0 Å². The van der Waals surface area contributed by atoms with Gasteiger partial charge in [-0.1, -0.05) is 6.07 Å². The van der Waals surface area contributed by atoms with Gasteiger partial charge in [0.2, 0.25) is 0 Å². The van der Waals surface area contributed by atoms with E-state index >= 15 is 0 Å². The van der Waals surface area contributed by atoms with E-state index in [1.54, 1.807) is 0 Å². The van der Waals surface area contributed by atoms with E-state index in [-0.39, 0.29) is 21.5 Å². The van der Waals surface area contributed by atoms with Gasteiger partial charge in [-0.05, 0) is 34.1 Å². The first-order valence-electron chi connectivity index (χ1n) is 5.07. The molecule has 5 nitrogen and oxygen atoms in total. The number of anilines is 1. The zero-order valence-electron chi connectivity index (χ0n) is 9.31. The third kappa shape index (κ3) is 2.65. The molecule has 0 unspecified atom stereocenters. The van der Waals surface area contributed by atoms with E-state index in [1.807, 2.05) is 0 Å². The first-order chi connectivity index (χ1) is 9.00. The summed E-state index contributed by atoms with van der Waals surface area (Å²) in [5, 5.41) is 11.2. The van der Waals surface area contributed by atoms with Gasteiger partial charge in [-0.15, -0.1) is 0 Å². The number of halogens is 2. The summed E-state index contributed by atoms with van der Waals surface area (Å²) in [6.45, 7) is 0. The Bertz CT molecular complexity index is 653. The summed E-state index contributed by atoms with van der Waals surface area (Å²) < 4.78 is 18.7. The Morgan fingerprint density at radius 2 is 2.00 bits per heavy atom. The molecule has 19 heavy (non-hydrogen) atoms. The molecule has 0 bridgehead atoms. The molecule has 2 rings (SSSR count). The molecule has 0 saturated heterocycles. The molecular weight excluding hydrogens is 321 g/mol. The van der Waals surface area contributed by atoms with Crippen LogP contribution in [0.1, 0.15) is 20.7 Å². The molecule has 0 fully saturated rings. The maximum atomic E-state index is 13.6. The number of nitrogens with one attached hydrogen (secondary N) is 1. The van der Waals surface area contributed by atoms with Gasteiger partial charge in [0.25, 0.3) is 5.91 Å². The van der Waals surface area contributed by atoms with Crippen molar-refractivity contribution in [1.29, 1.82) is 0 Å². The van der Waals surface area contributed by atoms with Gasteiger partial charge in [0, 0.05) is 0 Å². The molecule has 0 saturated carbocycles. The van der Waals surface area contributed by atoms with Crippen molar-refractivity contribution in [2.45, 2.75) is 0 Å². The third-order valence-corrected chi connectivity index (χ3v) is 2.96. The number of carbonyl (C=O) groups is 2. The Morgan fingerprint density at radius 3 is 2.58 bits per heavy atom. The zero-order valence-corrected chi connectivity index (χ0v) is 10.9. The highest BCUT2D eigenvalue weighted by Gasteiger charge is 2.19. The quantitative estimate of drug-likeness (QED) is 0.907. The summed E-state index contributed by atoms with van der Waals surface area (Å²) >= 11 is 3.01. The van der Waals surface area contributed by atoms with Crippen molar-refractivity contribution in [2.24, 2.45) is 0 Å². The van der Waals surface area contributed by atoms with Crippen LogP contribution in [0.4, 0.5) is 10.1 Å². The number of amides is 1. The largest absolute Gasteiger partial charge is 0.478 e. The smallest absolute Gasteiger partial charge is 0.337 e. The van der Waals surface area contributed by atoms with E-state index in [0.717, 1.165) is 6.07 Å². The first kappa shape index (κ1) is 13.3. The average molecular weight is 328 g/mol. The minimum Gasteiger partial charge on any atom is -0.478 e. The molecule has 0 aliphatic rings. The van der Waals surface area contributed by atoms with E-state index in [4.69, 9.17) is 9.52 Å². The van der Waals surface area contributed by atoms with Crippen LogP contribution in [0.2, 0.25) is 0 Å². The fraction of sp³-hybridized carbons (Fsp3) is 0. The summed E-state index contributed by atoms with van der Waals surface area (Å²) in [7, 11) is 0. The molecule has 1 aromatic heterocycles. The summed E-state index contributed by atoms with van der Waals surface area (Å²) in [6, 6.07) is 4.89. The van der Waals surface area contributed by atoms with Gasteiger partial charge in [0.05, 0.1) is 23.1 Å². The fourth-order valence-electron chi connectivity index (χ4n) is 1.47.